The molecule has 0 saturated heterocycles. The molecule has 6 heteroatoms. The van der Waals surface area contributed by atoms with Crippen molar-refractivity contribution in [2.45, 2.75) is 13.3 Å². The van der Waals surface area contributed by atoms with E-state index in [1.54, 1.807) is 24.3 Å². The fraction of sp³-hybridized carbons (Fsp3) is 0.222. The predicted molar refractivity (Wildman–Crippen MR) is 93.9 cm³/mol. The summed E-state index contributed by atoms with van der Waals surface area (Å²) in [6.07, 6.45) is 4.52. The van der Waals surface area contributed by atoms with E-state index in [0.717, 1.165) is 17.1 Å². The number of nitrogens with zero attached hydrogens (tertiary/aromatic N) is 2. The number of aromatic nitrogens is 2. The second kappa shape index (κ2) is 7.36. The number of imidazole rings is 1. The van der Waals surface area contributed by atoms with E-state index in [-0.39, 0.29) is 5.91 Å². The molecule has 5 nitrogen and oxygen atoms in total. The van der Waals surface area contributed by atoms with E-state index in [4.69, 9.17) is 16.3 Å². The molecular weight excluding hydrogens is 326 g/mol. The van der Waals surface area contributed by atoms with Gasteiger partial charge in [-0.2, -0.15) is 0 Å². The van der Waals surface area contributed by atoms with Gasteiger partial charge in [0.25, 0.3) is 5.91 Å². The average molecular weight is 344 g/mol. The number of carbonyl (C=O) groups is 1. The monoisotopic (exact) mass is 343 g/mol. The summed E-state index contributed by atoms with van der Waals surface area (Å²) in [5, 5.41) is 3.43. The van der Waals surface area contributed by atoms with E-state index in [2.05, 4.69) is 10.3 Å². The Morgan fingerprint density at radius 2 is 2.21 bits per heavy atom. The van der Waals surface area contributed by atoms with Gasteiger partial charge in [0.2, 0.25) is 0 Å². The number of rotatable bonds is 6. The number of nitrogens with one attached hydrogen (secondary N) is 1. The van der Waals surface area contributed by atoms with Crippen molar-refractivity contribution >= 4 is 23.2 Å². The Hall–Kier alpha value is -2.53. The second-order valence-electron chi connectivity index (χ2n) is 5.28. The number of ether oxygens (including phenoxy) is 1. The minimum Gasteiger partial charge on any atom is -0.490 e. The predicted octanol–water partition coefficient (Wildman–Crippen LogP) is 3.36. The molecule has 1 aromatic carbocycles. The quantitative estimate of drug-likeness (QED) is 0.746. The topological polar surface area (TPSA) is 55.6 Å². The number of halogens is 1. The maximum Gasteiger partial charge on any atom is 0.251 e. The van der Waals surface area contributed by atoms with Crippen molar-refractivity contribution in [3.8, 4) is 5.75 Å². The molecule has 0 bridgehead atoms. The van der Waals surface area contributed by atoms with Crippen molar-refractivity contribution in [3.63, 3.8) is 0 Å². The van der Waals surface area contributed by atoms with Gasteiger partial charge in [-0.15, -0.1) is 0 Å². The van der Waals surface area contributed by atoms with Crippen molar-refractivity contribution < 1.29 is 9.53 Å². The Balaban J connectivity index is 1.63. The van der Waals surface area contributed by atoms with Gasteiger partial charge in [-0.25, -0.2) is 4.98 Å². The third-order valence-electron chi connectivity index (χ3n) is 3.55. The van der Waals surface area contributed by atoms with Gasteiger partial charge in [0.1, 0.15) is 0 Å². The van der Waals surface area contributed by atoms with Crippen molar-refractivity contribution in [1.29, 1.82) is 0 Å². The Kier molecular flexibility index (Phi) is 5.01. The van der Waals surface area contributed by atoms with E-state index < -0.39 is 0 Å². The van der Waals surface area contributed by atoms with Gasteiger partial charge in [0.15, 0.2) is 11.4 Å². The lowest BCUT2D eigenvalue weighted by Crippen LogP contribution is -2.25. The average Bonchev–Trinajstić information content (AvgIpc) is 2.99. The number of amides is 1. The molecule has 0 aliphatic carbocycles. The molecule has 3 rings (SSSR count). The van der Waals surface area contributed by atoms with E-state index in [9.17, 15) is 4.79 Å². The first-order valence-electron chi connectivity index (χ1n) is 7.80. The molecule has 3 aromatic rings. The summed E-state index contributed by atoms with van der Waals surface area (Å²) < 4.78 is 7.51. The molecule has 1 N–H and O–H groups in total. The van der Waals surface area contributed by atoms with Crippen LogP contribution in [-0.4, -0.2) is 28.4 Å². The highest BCUT2D eigenvalue weighted by Gasteiger charge is 2.09. The smallest absolute Gasteiger partial charge is 0.251 e. The summed E-state index contributed by atoms with van der Waals surface area (Å²) in [7, 11) is 0. The number of pyridine rings is 1. The molecule has 2 aromatic heterocycles. The second-order valence-corrected chi connectivity index (χ2v) is 5.72. The molecule has 0 atom stereocenters. The third kappa shape index (κ3) is 3.68. The summed E-state index contributed by atoms with van der Waals surface area (Å²) in [5.41, 5.74) is 2.24. The van der Waals surface area contributed by atoms with E-state index in [1.807, 2.05) is 35.9 Å². The first kappa shape index (κ1) is 16.3. The normalized spacial score (nSPS) is 10.8. The minimum atomic E-state index is -0.142. The lowest BCUT2D eigenvalue weighted by molar-refractivity contribution is 0.0954. The lowest BCUT2D eigenvalue weighted by Gasteiger charge is -2.04. The molecule has 2 heterocycles. The number of fused-ring (bicyclic) bond motifs is 1. The van der Waals surface area contributed by atoms with Gasteiger partial charge in [0.05, 0.1) is 12.3 Å². The standard InChI is InChI=1S/C18H18ClN3O2/c1-2-24-16-7-4-10-22-12-15(21-17(16)22)8-9-20-18(23)13-5-3-6-14(19)11-13/h3-7,10-12H,2,8-9H2,1H3,(H,20,23). The highest BCUT2D eigenvalue weighted by molar-refractivity contribution is 6.30. The van der Waals surface area contributed by atoms with Gasteiger partial charge < -0.3 is 14.5 Å². The molecule has 24 heavy (non-hydrogen) atoms. The third-order valence-corrected chi connectivity index (χ3v) is 3.79. The van der Waals surface area contributed by atoms with Crippen LogP contribution >= 0.6 is 11.6 Å². The Morgan fingerprint density at radius 1 is 1.33 bits per heavy atom. The molecule has 0 radical (unpaired) electrons. The number of benzene rings is 1. The zero-order valence-electron chi connectivity index (χ0n) is 13.3. The zero-order valence-corrected chi connectivity index (χ0v) is 14.1. The molecule has 124 valence electrons. The fourth-order valence-electron chi connectivity index (χ4n) is 2.46. The minimum absolute atomic E-state index is 0.142. The van der Waals surface area contributed by atoms with Crippen molar-refractivity contribution in [3.05, 3.63) is 65.1 Å². The summed E-state index contributed by atoms with van der Waals surface area (Å²) >= 11 is 5.90. The molecule has 1 amide bonds. The van der Waals surface area contributed by atoms with Crippen LogP contribution in [0.4, 0.5) is 0 Å². The van der Waals surface area contributed by atoms with Crippen molar-refractivity contribution in [2.24, 2.45) is 0 Å². The van der Waals surface area contributed by atoms with Gasteiger partial charge in [-0.1, -0.05) is 17.7 Å². The van der Waals surface area contributed by atoms with Crippen LogP contribution in [0.1, 0.15) is 23.0 Å². The van der Waals surface area contributed by atoms with Crippen LogP contribution in [0.15, 0.2) is 48.8 Å². The van der Waals surface area contributed by atoms with Gasteiger partial charge in [0, 0.05) is 35.9 Å². The van der Waals surface area contributed by atoms with Crippen LogP contribution in [0.25, 0.3) is 5.65 Å². The Labute approximate surface area is 145 Å². The largest absolute Gasteiger partial charge is 0.490 e. The van der Waals surface area contributed by atoms with Crippen LogP contribution in [0.5, 0.6) is 5.75 Å². The Bertz CT molecular complexity index is 860. The Morgan fingerprint density at radius 3 is 3.00 bits per heavy atom. The van der Waals surface area contributed by atoms with E-state index in [1.165, 1.54) is 0 Å². The lowest BCUT2D eigenvalue weighted by atomic mass is 10.2. The summed E-state index contributed by atoms with van der Waals surface area (Å²) in [6.45, 7) is 3.04. The number of carbonyl (C=O) groups excluding carboxylic acids is 1. The van der Waals surface area contributed by atoms with Crippen LogP contribution in [0.3, 0.4) is 0 Å². The van der Waals surface area contributed by atoms with E-state index >= 15 is 0 Å². The maximum atomic E-state index is 12.1. The molecule has 0 unspecified atom stereocenters. The first-order valence-corrected chi connectivity index (χ1v) is 8.18. The highest BCUT2D eigenvalue weighted by Crippen LogP contribution is 2.19. The van der Waals surface area contributed by atoms with Crippen LogP contribution in [-0.2, 0) is 6.42 Å². The fourth-order valence-corrected chi connectivity index (χ4v) is 2.65. The van der Waals surface area contributed by atoms with Crippen LogP contribution in [0, 0.1) is 0 Å². The summed E-state index contributed by atoms with van der Waals surface area (Å²) in [5.74, 6) is 0.616. The summed E-state index contributed by atoms with van der Waals surface area (Å²) in [6, 6.07) is 10.7. The van der Waals surface area contributed by atoms with Gasteiger partial charge in [-0.3, -0.25) is 4.79 Å². The zero-order chi connectivity index (χ0) is 16.9. The molecule has 0 fully saturated rings. The van der Waals surface area contributed by atoms with Crippen LogP contribution < -0.4 is 10.1 Å². The summed E-state index contributed by atoms with van der Waals surface area (Å²) in [4.78, 5) is 16.7. The van der Waals surface area contributed by atoms with E-state index in [0.29, 0.717) is 30.2 Å². The molecule has 0 saturated carbocycles. The van der Waals surface area contributed by atoms with Gasteiger partial charge >= 0.3 is 0 Å². The number of hydrogen-bond donors (Lipinski definition) is 1. The SMILES string of the molecule is CCOc1cccn2cc(CCNC(=O)c3cccc(Cl)c3)nc12. The maximum absolute atomic E-state index is 12.1. The van der Waals surface area contributed by atoms with Gasteiger partial charge in [-0.05, 0) is 37.3 Å². The molecule has 0 aliphatic rings. The first-order chi connectivity index (χ1) is 11.7. The molecule has 0 spiro atoms. The highest BCUT2D eigenvalue weighted by atomic mass is 35.5. The molecular formula is C18H18ClN3O2. The van der Waals surface area contributed by atoms with Crippen molar-refractivity contribution in [2.75, 3.05) is 13.2 Å². The molecule has 0 aliphatic heterocycles. The van der Waals surface area contributed by atoms with Crippen LogP contribution in [0.2, 0.25) is 5.02 Å². The van der Waals surface area contributed by atoms with Crippen molar-refractivity contribution in [1.82, 2.24) is 14.7 Å². The number of hydrogen-bond acceptors (Lipinski definition) is 3.